The number of sulfonamides is 1. The third kappa shape index (κ3) is 5.08. The summed E-state index contributed by atoms with van der Waals surface area (Å²) in [6, 6.07) is 4.65. The first-order chi connectivity index (χ1) is 8.86. The normalized spacial score (nSPS) is 12.1. The lowest BCUT2D eigenvalue weighted by molar-refractivity contribution is 0.0834. The minimum absolute atomic E-state index is 0.0518. The molecule has 0 saturated carbocycles. The molecule has 1 aromatic rings. The van der Waals surface area contributed by atoms with Crippen LogP contribution in [0.5, 0.6) is 0 Å². The second-order valence-corrected chi connectivity index (χ2v) is 6.43. The molecule has 0 radical (unpaired) electrons. The molecule has 108 valence electrons. The number of nitrogens with one attached hydrogen (secondary N) is 1. The van der Waals surface area contributed by atoms with Crippen LogP contribution in [0.15, 0.2) is 23.1 Å². The summed E-state index contributed by atoms with van der Waals surface area (Å²) in [4.78, 5) is 0.0518. The molecule has 3 N–H and O–H groups in total. The quantitative estimate of drug-likeness (QED) is 0.748. The maximum Gasteiger partial charge on any atom is 0.242 e. The van der Waals surface area contributed by atoms with Gasteiger partial charge in [0.15, 0.2) is 0 Å². The molecule has 1 aromatic carbocycles. The molecular formula is C12H19ClN2O3S. The fourth-order valence-electron chi connectivity index (χ4n) is 1.44. The van der Waals surface area contributed by atoms with Gasteiger partial charge >= 0.3 is 0 Å². The smallest absolute Gasteiger partial charge is 0.242 e. The fraction of sp³-hybridized carbons (Fsp3) is 0.500. The Balaban J connectivity index is 2.72. The molecule has 0 heterocycles. The standard InChI is InChI=1S/C12H19ClN2O3S/c1-9(2)18-6-5-15-19(16,17)12-4-3-10(8-14)7-11(12)13/h3-4,7,9,15H,5-6,8,14H2,1-2H3. The van der Waals surface area contributed by atoms with E-state index in [-0.39, 0.29) is 22.6 Å². The largest absolute Gasteiger partial charge is 0.377 e. The zero-order valence-electron chi connectivity index (χ0n) is 11.0. The first-order valence-corrected chi connectivity index (χ1v) is 7.82. The Morgan fingerprint density at radius 3 is 2.63 bits per heavy atom. The Labute approximate surface area is 119 Å². The summed E-state index contributed by atoms with van der Waals surface area (Å²) in [5.74, 6) is 0. The molecule has 0 spiro atoms. The van der Waals surface area contributed by atoms with Crippen LogP contribution in [0.25, 0.3) is 0 Å². The Hall–Kier alpha value is -0.660. The van der Waals surface area contributed by atoms with Crippen LogP contribution in [0.4, 0.5) is 0 Å². The van der Waals surface area contributed by atoms with Crippen molar-refractivity contribution in [3.63, 3.8) is 0 Å². The second-order valence-electron chi connectivity index (χ2n) is 4.29. The van der Waals surface area contributed by atoms with Crippen molar-refractivity contribution in [2.24, 2.45) is 5.73 Å². The van der Waals surface area contributed by atoms with Gasteiger partial charge in [0.1, 0.15) is 4.90 Å². The molecule has 0 fully saturated rings. The molecular weight excluding hydrogens is 288 g/mol. The average molecular weight is 307 g/mol. The number of rotatable bonds is 7. The van der Waals surface area contributed by atoms with Crippen molar-refractivity contribution in [2.75, 3.05) is 13.2 Å². The summed E-state index contributed by atoms with van der Waals surface area (Å²) in [6.07, 6.45) is 0.0666. The molecule has 0 amide bonds. The summed E-state index contributed by atoms with van der Waals surface area (Å²) in [5.41, 5.74) is 6.25. The highest BCUT2D eigenvalue weighted by Crippen LogP contribution is 2.22. The van der Waals surface area contributed by atoms with E-state index in [1.165, 1.54) is 6.07 Å². The van der Waals surface area contributed by atoms with Crippen molar-refractivity contribution in [2.45, 2.75) is 31.4 Å². The van der Waals surface area contributed by atoms with E-state index in [4.69, 9.17) is 22.1 Å². The van der Waals surface area contributed by atoms with E-state index in [9.17, 15) is 8.42 Å². The van der Waals surface area contributed by atoms with Gasteiger partial charge < -0.3 is 10.5 Å². The molecule has 1 rings (SSSR count). The number of benzene rings is 1. The summed E-state index contributed by atoms with van der Waals surface area (Å²) in [5, 5.41) is 0.167. The van der Waals surface area contributed by atoms with Gasteiger partial charge in [0, 0.05) is 13.1 Å². The molecule has 0 atom stereocenters. The van der Waals surface area contributed by atoms with Gasteiger partial charge in [0.05, 0.1) is 17.7 Å². The number of nitrogens with two attached hydrogens (primary N) is 1. The van der Waals surface area contributed by atoms with Gasteiger partial charge in [-0.05, 0) is 31.5 Å². The third-order valence-electron chi connectivity index (χ3n) is 2.37. The van der Waals surface area contributed by atoms with Gasteiger partial charge in [0.25, 0.3) is 0 Å². The first-order valence-electron chi connectivity index (χ1n) is 5.96. The Morgan fingerprint density at radius 2 is 2.11 bits per heavy atom. The van der Waals surface area contributed by atoms with E-state index >= 15 is 0 Å². The van der Waals surface area contributed by atoms with Crippen LogP contribution in [0.3, 0.4) is 0 Å². The number of ether oxygens (including phenoxy) is 1. The second kappa shape index (κ2) is 7.21. The molecule has 7 heteroatoms. The van der Waals surface area contributed by atoms with Crippen LogP contribution >= 0.6 is 11.6 Å². The molecule has 19 heavy (non-hydrogen) atoms. The minimum atomic E-state index is -3.62. The predicted molar refractivity (Wildman–Crippen MR) is 75.6 cm³/mol. The molecule has 0 aliphatic heterocycles. The van der Waals surface area contributed by atoms with E-state index in [1.54, 1.807) is 12.1 Å². The van der Waals surface area contributed by atoms with Gasteiger partial charge in [-0.2, -0.15) is 0 Å². The van der Waals surface area contributed by atoms with Gasteiger partial charge in [-0.15, -0.1) is 0 Å². The van der Waals surface area contributed by atoms with Crippen LogP contribution in [0, 0.1) is 0 Å². The monoisotopic (exact) mass is 306 g/mol. The first kappa shape index (κ1) is 16.4. The van der Waals surface area contributed by atoms with Crippen molar-refractivity contribution in [1.29, 1.82) is 0 Å². The molecule has 5 nitrogen and oxygen atoms in total. The van der Waals surface area contributed by atoms with Gasteiger partial charge in [-0.25, -0.2) is 13.1 Å². The maximum atomic E-state index is 12.0. The van der Waals surface area contributed by atoms with E-state index in [1.807, 2.05) is 13.8 Å². The lowest BCUT2D eigenvalue weighted by Crippen LogP contribution is -2.28. The van der Waals surface area contributed by atoms with E-state index in [2.05, 4.69) is 4.72 Å². The Bertz CT molecular complexity index is 518. The van der Waals surface area contributed by atoms with Crippen molar-refractivity contribution < 1.29 is 13.2 Å². The van der Waals surface area contributed by atoms with Crippen molar-refractivity contribution in [3.8, 4) is 0 Å². The van der Waals surface area contributed by atoms with Crippen molar-refractivity contribution in [1.82, 2.24) is 4.72 Å². The van der Waals surface area contributed by atoms with Gasteiger partial charge in [-0.1, -0.05) is 17.7 Å². The van der Waals surface area contributed by atoms with Gasteiger partial charge in [-0.3, -0.25) is 0 Å². The van der Waals surface area contributed by atoms with E-state index in [0.29, 0.717) is 13.2 Å². The van der Waals surface area contributed by atoms with Crippen molar-refractivity contribution in [3.05, 3.63) is 28.8 Å². The van der Waals surface area contributed by atoms with Crippen LogP contribution in [0.1, 0.15) is 19.4 Å². The molecule has 0 aliphatic carbocycles. The summed E-state index contributed by atoms with van der Waals surface area (Å²) in [6.45, 7) is 4.61. The highest BCUT2D eigenvalue weighted by Gasteiger charge is 2.17. The molecule has 0 aromatic heterocycles. The van der Waals surface area contributed by atoms with Crippen LogP contribution in [-0.4, -0.2) is 27.7 Å². The third-order valence-corrected chi connectivity index (χ3v) is 4.31. The topological polar surface area (TPSA) is 81.4 Å². The Morgan fingerprint density at radius 1 is 1.42 bits per heavy atom. The molecule has 0 saturated heterocycles. The van der Waals surface area contributed by atoms with Crippen LogP contribution in [0.2, 0.25) is 5.02 Å². The Kier molecular flexibility index (Phi) is 6.22. The van der Waals surface area contributed by atoms with Gasteiger partial charge in [0.2, 0.25) is 10.0 Å². The lowest BCUT2D eigenvalue weighted by Gasteiger charge is -2.11. The number of halogens is 1. The zero-order valence-corrected chi connectivity index (χ0v) is 12.6. The highest BCUT2D eigenvalue weighted by molar-refractivity contribution is 7.89. The fourth-order valence-corrected chi connectivity index (χ4v) is 3.02. The van der Waals surface area contributed by atoms with E-state index < -0.39 is 10.0 Å². The zero-order chi connectivity index (χ0) is 14.5. The van der Waals surface area contributed by atoms with Crippen LogP contribution in [-0.2, 0) is 21.3 Å². The number of hydrogen-bond donors (Lipinski definition) is 2. The lowest BCUT2D eigenvalue weighted by atomic mass is 10.2. The highest BCUT2D eigenvalue weighted by atomic mass is 35.5. The predicted octanol–water partition coefficient (Wildman–Crippen LogP) is 1.50. The van der Waals surface area contributed by atoms with Crippen molar-refractivity contribution >= 4 is 21.6 Å². The molecule has 0 bridgehead atoms. The number of hydrogen-bond acceptors (Lipinski definition) is 4. The summed E-state index contributed by atoms with van der Waals surface area (Å²) < 4.78 is 31.7. The summed E-state index contributed by atoms with van der Waals surface area (Å²) in [7, 11) is -3.62. The average Bonchev–Trinajstić information content (AvgIpc) is 2.34. The maximum absolute atomic E-state index is 12.0. The van der Waals surface area contributed by atoms with Crippen LogP contribution < -0.4 is 10.5 Å². The molecule has 0 aliphatic rings. The summed E-state index contributed by atoms with van der Waals surface area (Å²) >= 11 is 5.95. The molecule has 0 unspecified atom stereocenters. The minimum Gasteiger partial charge on any atom is -0.377 e. The SMILES string of the molecule is CC(C)OCCNS(=O)(=O)c1ccc(CN)cc1Cl. The van der Waals surface area contributed by atoms with E-state index in [0.717, 1.165) is 5.56 Å².